The standard InChI is InChI=1S/C20H26N4O4/c1-20(2,3)28-19(26)24-10-9-16-15(12-24)18(23-22-16)21-17(25)11-13-5-7-14(27-4)8-6-13/h5-8H,9-12H2,1-4H3,(H2,21,22,23,25). The lowest BCUT2D eigenvalue weighted by molar-refractivity contribution is -0.115. The highest BCUT2D eigenvalue weighted by atomic mass is 16.6. The lowest BCUT2D eigenvalue weighted by Crippen LogP contribution is -2.40. The first-order valence-electron chi connectivity index (χ1n) is 9.22. The molecule has 0 fully saturated rings. The number of anilines is 1. The zero-order chi connectivity index (χ0) is 20.3. The average Bonchev–Trinajstić information content (AvgIpc) is 3.03. The molecular formula is C20H26N4O4. The van der Waals surface area contributed by atoms with Gasteiger partial charge in [-0.05, 0) is 38.5 Å². The molecule has 0 saturated carbocycles. The monoisotopic (exact) mass is 386 g/mol. The third kappa shape index (κ3) is 4.82. The summed E-state index contributed by atoms with van der Waals surface area (Å²) in [5.74, 6) is 1.03. The van der Waals surface area contributed by atoms with E-state index >= 15 is 0 Å². The molecule has 0 atom stereocenters. The molecule has 2 aromatic rings. The molecule has 0 aliphatic carbocycles. The number of aromatic amines is 1. The molecule has 8 heteroatoms. The first-order chi connectivity index (χ1) is 13.2. The Morgan fingerprint density at radius 2 is 1.96 bits per heavy atom. The van der Waals surface area contributed by atoms with Crippen molar-refractivity contribution in [3.8, 4) is 5.75 Å². The zero-order valence-electron chi connectivity index (χ0n) is 16.7. The van der Waals surface area contributed by atoms with Gasteiger partial charge in [0.1, 0.15) is 11.4 Å². The second kappa shape index (κ2) is 7.92. The summed E-state index contributed by atoms with van der Waals surface area (Å²) in [5, 5.41) is 10.0. The van der Waals surface area contributed by atoms with Crippen LogP contribution in [0.15, 0.2) is 24.3 Å². The van der Waals surface area contributed by atoms with Gasteiger partial charge in [0, 0.05) is 24.2 Å². The third-order valence-corrected chi connectivity index (χ3v) is 4.37. The number of hydrogen-bond acceptors (Lipinski definition) is 5. The maximum absolute atomic E-state index is 12.4. The fourth-order valence-corrected chi connectivity index (χ4v) is 2.99. The van der Waals surface area contributed by atoms with Crippen molar-refractivity contribution in [1.82, 2.24) is 15.1 Å². The molecule has 1 aromatic heterocycles. The molecule has 3 rings (SSSR count). The molecule has 28 heavy (non-hydrogen) atoms. The summed E-state index contributed by atoms with van der Waals surface area (Å²) in [6.07, 6.45) is 0.493. The second-order valence-corrected chi connectivity index (χ2v) is 7.75. The van der Waals surface area contributed by atoms with Crippen molar-refractivity contribution in [1.29, 1.82) is 0 Å². The molecule has 8 nitrogen and oxygen atoms in total. The topological polar surface area (TPSA) is 96.5 Å². The number of H-pyrrole nitrogens is 1. The van der Waals surface area contributed by atoms with Gasteiger partial charge in [-0.3, -0.25) is 9.89 Å². The molecule has 0 saturated heterocycles. The van der Waals surface area contributed by atoms with Crippen LogP contribution in [-0.2, 0) is 28.9 Å². The fraction of sp³-hybridized carbons (Fsp3) is 0.450. The predicted molar refractivity (Wildman–Crippen MR) is 104 cm³/mol. The van der Waals surface area contributed by atoms with E-state index in [0.717, 1.165) is 22.6 Å². The van der Waals surface area contributed by atoms with Crippen molar-refractivity contribution in [2.24, 2.45) is 0 Å². The number of methoxy groups -OCH3 is 1. The molecule has 2 amide bonds. The maximum Gasteiger partial charge on any atom is 0.410 e. The molecule has 0 spiro atoms. The Balaban J connectivity index is 1.64. The van der Waals surface area contributed by atoms with Gasteiger partial charge in [-0.25, -0.2) is 4.79 Å². The Bertz CT molecular complexity index is 852. The average molecular weight is 386 g/mol. The molecule has 2 heterocycles. The van der Waals surface area contributed by atoms with Crippen molar-refractivity contribution in [2.75, 3.05) is 19.0 Å². The van der Waals surface area contributed by atoms with Gasteiger partial charge in [0.05, 0.1) is 20.1 Å². The lowest BCUT2D eigenvalue weighted by Gasteiger charge is -2.30. The van der Waals surface area contributed by atoms with E-state index in [1.54, 1.807) is 12.0 Å². The summed E-state index contributed by atoms with van der Waals surface area (Å²) in [5.41, 5.74) is 2.07. The molecule has 150 valence electrons. The van der Waals surface area contributed by atoms with E-state index in [2.05, 4.69) is 15.5 Å². The number of nitrogens with zero attached hydrogens (tertiary/aromatic N) is 2. The minimum absolute atomic E-state index is 0.172. The summed E-state index contributed by atoms with van der Waals surface area (Å²) >= 11 is 0. The van der Waals surface area contributed by atoms with Gasteiger partial charge < -0.3 is 19.7 Å². The first kappa shape index (κ1) is 19.7. The summed E-state index contributed by atoms with van der Waals surface area (Å²) < 4.78 is 10.6. The van der Waals surface area contributed by atoms with Crippen LogP contribution in [-0.4, -0.2) is 46.4 Å². The van der Waals surface area contributed by atoms with Crippen LogP contribution in [0.4, 0.5) is 10.6 Å². The van der Waals surface area contributed by atoms with Crippen LogP contribution < -0.4 is 10.1 Å². The van der Waals surface area contributed by atoms with Gasteiger partial charge in [-0.2, -0.15) is 5.10 Å². The normalized spacial score (nSPS) is 13.6. The maximum atomic E-state index is 12.4. The van der Waals surface area contributed by atoms with Crippen LogP contribution in [0.25, 0.3) is 0 Å². The molecule has 2 N–H and O–H groups in total. The molecule has 1 aliphatic heterocycles. The smallest absolute Gasteiger partial charge is 0.410 e. The number of amides is 2. The van der Waals surface area contributed by atoms with E-state index in [9.17, 15) is 9.59 Å². The predicted octanol–water partition coefficient (Wildman–Crippen LogP) is 2.89. The van der Waals surface area contributed by atoms with E-state index in [0.29, 0.717) is 25.3 Å². The Labute approximate surface area is 164 Å². The summed E-state index contributed by atoms with van der Waals surface area (Å²) in [6.45, 7) is 6.40. The first-order valence-corrected chi connectivity index (χ1v) is 9.22. The van der Waals surface area contributed by atoms with Crippen molar-refractivity contribution < 1.29 is 19.1 Å². The molecule has 1 aromatic carbocycles. The van der Waals surface area contributed by atoms with Gasteiger partial charge >= 0.3 is 6.09 Å². The Kier molecular flexibility index (Phi) is 5.58. The Morgan fingerprint density at radius 1 is 1.25 bits per heavy atom. The number of carbonyl (C=O) groups is 2. The van der Waals surface area contributed by atoms with E-state index in [-0.39, 0.29) is 18.4 Å². The van der Waals surface area contributed by atoms with Crippen LogP contribution in [0.1, 0.15) is 37.6 Å². The van der Waals surface area contributed by atoms with Crippen LogP contribution in [0.5, 0.6) is 5.75 Å². The van der Waals surface area contributed by atoms with Gasteiger partial charge in [-0.1, -0.05) is 12.1 Å². The molecule has 0 unspecified atom stereocenters. The number of rotatable bonds is 4. The molecular weight excluding hydrogens is 360 g/mol. The number of ether oxygens (including phenoxy) is 2. The number of aromatic nitrogens is 2. The molecule has 0 bridgehead atoms. The van der Waals surface area contributed by atoms with Gasteiger partial charge in [0.2, 0.25) is 5.91 Å². The number of nitrogens with one attached hydrogen (secondary N) is 2. The number of benzene rings is 1. The summed E-state index contributed by atoms with van der Waals surface area (Å²) in [6, 6.07) is 7.33. The number of hydrogen-bond donors (Lipinski definition) is 2. The van der Waals surface area contributed by atoms with E-state index in [1.807, 2.05) is 45.0 Å². The Morgan fingerprint density at radius 3 is 2.61 bits per heavy atom. The van der Waals surface area contributed by atoms with Crippen molar-refractivity contribution >= 4 is 17.8 Å². The van der Waals surface area contributed by atoms with Gasteiger partial charge in [0.15, 0.2) is 5.82 Å². The van der Waals surface area contributed by atoms with Crippen LogP contribution in [0.2, 0.25) is 0 Å². The Hall–Kier alpha value is -3.03. The third-order valence-electron chi connectivity index (χ3n) is 4.37. The lowest BCUT2D eigenvalue weighted by atomic mass is 10.1. The summed E-state index contributed by atoms with van der Waals surface area (Å²) in [4.78, 5) is 26.4. The van der Waals surface area contributed by atoms with E-state index in [1.165, 1.54) is 0 Å². The second-order valence-electron chi connectivity index (χ2n) is 7.75. The highest BCUT2D eigenvalue weighted by Crippen LogP contribution is 2.25. The minimum atomic E-state index is -0.552. The van der Waals surface area contributed by atoms with Crippen molar-refractivity contribution in [3.05, 3.63) is 41.1 Å². The SMILES string of the molecule is COc1ccc(CC(=O)Nc2n[nH]c3c2CN(C(=O)OC(C)(C)C)CC3)cc1. The van der Waals surface area contributed by atoms with Crippen LogP contribution >= 0.6 is 0 Å². The van der Waals surface area contributed by atoms with Crippen LogP contribution in [0, 0.1) is 0 Å². The molecule has 1 aliphatic rings. The quantitative estimate of drug-likeness (QED) is 0.842. The van der Waals surface area contributed by atoms with E-state index < -0.39 is 5.60 Å². The number of carbonyl (C=O) groups excluding carboxylic acids is 2. The van der Waals surface area contributed by atoms with Gasteiger partial charge in [0.25, 0.3) is 0 Å². The highest BCUT2D eigenvalue weighted by molar-refractivity contribution is 5.92. The zero-order valence-corrected chi connectivity index (χ0v) is 16.7. The van der Waals surface area contributed by atoms with Crippen molar-refractivity contribution in [2.45, 2.75) is 45.8 Å². The van der Waals surface area contributed by atoms with Gasteiger partial charge in [-0.15, -0.1) is 0 Å². The van der Waals surface area contributed by atoms with E-state index in [4.69, 9.17) is 9.47 Å². The minimum Gasteiger partial charge on any atom is -0.497 e. The highest BCUT2D eigenvalue weighted by Gasteiger charge is 2.29. The molecule has 0 radical (unpaired) electrons. The largest absolute Gasteiger partial charge is 0.497 e. The summed E-state index contributed by atoms with van der Waals surface area (Å²) in [7, 11) is 1.60. The van der Waals surface area contributed by atoms with Crippen molar-refractivity contribution in [3.63, 3.8) is 0 Å². The van der Waals surface area contributed by atoms with Crippen LogP contribution in [0.3, 0.4) is 0 Å². The fourth-order valence-electron chi connectivity index (χ4n) is 2.99. The number of fused-ring (bicyclic) bond motifs is 1.